The number of hydrogen-bond donors (Lipinski definition) is 1. The molecular weight excluding hydrogens is 214 g/mol. The van der Waals surface area contributed by atoms with Gasteiger partial charge in [0.15, 0.2) is 0 Å². The Balaban J connectivity index is 1.91. The van der Waals surface area contributed by atoms with Gasteiger partial charge < -0.3 is 14.8 Å². The third-order valence-corrected chi connectivity index (χ3v) is 2.59. The van der Waals surface area contributed by atoms with E-state index in [0.717, 1.165) is 25.3 Å². The van der Waals surface area contributed by atoms with Crippen LogP contribution in [-0.4, -0.2) is 32.4 Å². The topological polar surface area (TPSA) is 30.5 Å². The van der Waals surface area contributed by atoms with Crippen molar-refractivity contribution in [2.75, 3.05) is 26.4 Å². The average Bonchev–Trinajstić information content (AvgIpc) is 2.38. The fourth-order valence-electron chi connectivity index (χ4n) is 1.36. The lowest BCUT2D eigenvalue weighted by Crippen LogP contribution is -2.29. The van der Waals surface area contributed by atoms with E-state index in [2.05, 4.69) is 19.2 Å². The monoisotopic (exact) mass is 237 g/mol. The van der Waals surface area contributed by atoms with Crippen LogP contribution in [-0.2, 0) is 4.74 Å². The van der Waals surface area contributed by atoms with Gasteiger partial charge in [0.25, 0.3) is 0 Å². The van der Waals surface area contributed by atoms with Gasteiger partial charge in [-0.25, -0.2) is 0 Å². The first-order valence-corrected chi connectivity index (χ1v) is 6.32. The average molecular weight is 237 g/mol. The van der Waals surface area contributed by atoms with Crippen molar-refractivity contribution in [1.82, 2.24) is 5.32 Å². The Hall–Kier alpha value is -1.06. The summed E-state index contributed by atoms with van der Waals surface area (Å²) in [6, 6.07) is 10.4. The highest BCUT2D eigenvalue weighted by atomic mass is 16.5. The lowest BCUT2D eigenvalue weighted by molar-refractivity contribution is 0.100. The second-order valence-electron chi connectivity index (χ2n) is 4.04. The summed E-state index contributed by atoms with van der Waals surface area (Å²) in [5.74, 6) is 0.897. The molecule has 0 radical (unpaired) electrons. The summed E-state index contributed by atoms with van der Waals surface area (Å²) >= 11 is 0. The molecule has 0 aliphatic heterocycles. The predicted molar refractivity (Wildman–Crippen MR) is 70.5 cm³/mol. The molecule has 1 rings (SSSR count). The maximum atomic E-state index is 5.51. The van der Waals surface area contributed by atoms with E-state index >= 15 is 0 Å². The second kappa shape index (κ2) is 9.02. The van der Waals surface area contributed by atoms with Crippen molar-refractivity contribution in [2.24, 2.45) is 0 Å². The fraction of sp³-hybridized carbons (Fsp3) is 0.571. The van der Waals surface area contributed by atoms with E-state index in [1.54, 1.807) is 0 Å². The molecule has 1 aromatic carbocycles. The van der Waals surface area contributed by atoms with E-state index in [9.17, 15) is 0 Å². The van der Waals surface area contributed by atoms with E-state index in [1.807, 2.05) is 30.3 Å². The molecule has 1 N–H and O–H groups in total. The van der Waals surface area contributed by atoms with Crippen molar-refractivity contribution in [3.05, 3.63) is 30.3 Å². The van der Waals surface area contributed by atoms with Gasteiger partial charge in [0.1, 0.15) is 12.4 Å². The third kappa shape index (κ3) is 6.97. The number of para-hydroxylation sites is 1. The molecule has 0 unspecified atom stereocenters. The molecule has 17 heavy (non-hydrogen) atoms. The molecule has 0 aromatic heterocycles. The number of ether oxygens (including phenoxy) is 2. The van der Waals surface area contributed by atoms with Crippen LogP contribution in [0.15, 0.2) is 30.3 Å². The molecule has 0 fully saturated rings. The molecule has 0 bridgehead atoms. The third-order valence-electron chi connectivity index (χ3n) is 2.59. The Bertz CT molecular complexity index is 277. The highest BCUT2D eigenvalue weighted by Gasteiger charge is 1.96. The van der Waals surface area contributed by atoms with Crippen LogP contribution < -0.4 is 10.1 Å². The number of nitrogens with one attached hydrogen (secondary N) is 1. The van der Waals surface area contributed by atoms with Crippen LogP contribution in [0.25, 0.3) is 0 Å². The number of hydrogen-bond acceptors (Lipinski definition) is 3. The zero-order valence-corrected chi connectivity index (χ0v) is 10.8. The van der Waals surface area contributed by atoms with Gasteiger partial charge in [-0.3, -0.25) is 0 Å². The minimum atomic E-state index is 0.569. The summed E-state index contributed by atoms with van der Waals surface area (Å²) in [5, 5.41) is 3.38. The molecule has 0 saturated carbocycles. The van der Waals surface area contributed by atoms with Gasteiger partial charge in [0, 0.05) is 12.6 Å². The standard InChI is InChI=1S/C14H23NO2/c1-3-13(2)15-9-10-16-11-12-17-14-7-5-4-6-8-14/h4-8,13,15H,3,9-12H2,1-2H3/t13-/m0/s1. The van der Waals surface area contributed by atoms with Crippen LogP contribution in [0.4, 0.5) is 0 Å². The van der Waals surface area contributed by atoms with Gasteiger partial charge >= 0.3 is 0 Å². The molecule has 96 valence electrons. The molecule has 0 amide bonds. The van der Waals surface area contributed by atoms with Crippen LogP contribution >= 0.6 is 0 Å². The molecule has 3 heteroatoms. The second-order valence-corrected chi connectivity index (χ2v) is 4.04. The fourth-order valence-corrected chi connectivity index (χ4v) is 1.36. The zero-order valence-electron chi connectivity index (χ0n) is 10.8. The smallest absolute Gasteiger partial charge is 0.119 e. The van der Waals surface area contributed by atoms with E-state index in [4.69, 9.17) is 9.47 Å². The van der Waals surface area contributed by atoms with Gasteiger partial charge in [0.2, 0.25) is 0 Å². The molecular formula is C14H23NO2. The predicted octanol–water partition coefficient (Wildman–Crippen LogP) is 2.47. The number of benzene rings is 1. The molecule has 0 saturated heterocycles. The largest absolute Gasteiger partial charge is 0.491 e. The Morgan fingerprint density at radius 2 is 1.88 bits per heavy atom. The van der Waals surface area contributed by atoms with Gasteiger partial charge in [0.05, 0.1) is 13.2 Å². The summed E-state index contributed by atoms with van der Waals surface area (Å²) in [4.78, 5) is 0. The van der Waals surface area contributed by atoms with Crippen molar-refractivity contribution < 1.29 is 9.47 Å². The lowest BCUT2D eigenvalue weighted by Gasteiger charge is -2.11. The molecule has 0 spiro atoms. The van der Waals surface area contributed by atoms with Crippen molar-refractivity contribution in [2.45, 2.75) is 26.3 Å². The van der Waals surface area contributed by atoms with Gasteiger partial charge in [-0.1, -0.05) is 25.1 Å². The SMILES string of the molecule is CC[C@H](C)NCCOCCOc1ccccc1. The van der Waals surface area contributed by atoms with Crippen LogP contribution in [0.3, 0.4) is 0 Å². The highest BCUT2D eigenvalue weighted by molar-refractivity contribution is 5.20. The van der Waals surface area contributed by atoms with Gasteiger partial charge in [-0.05, 0) is 25.5 Å². The summed E-state index contributed by atoms with van der Waals surface area (Å²) in [5.41, 5.74) is 0. The van der Waals surface area contributed by atoms with Crippen LogP contribution in [0.2, 0.25) is 0 Å². The van der Waals surface area contributed by atoms with Crippen molar-refractivity contribution >= 4 is 0 Å². The molecule has 3 nitrogen and oxygen atoms in total. The molecule has 0 aliphatic rings. The summed E-state index contributed by atoms with van der Waals surface area (Å²) < 4.78 is 11.0. The van der Waals surface area contributed by atoms with Crippen molar-refractivity contribution in [3.63, 3.8) is 0 Å². The maximum Gasteiger partial charge on any atom is 0.119 e. The van der Waals surface area contributed by atoms with Gasteiger partial charge in [-0.15, -0.1) is 0 Å². The van der Waals surface area contributed by atoms with E-state index < -0.39 is 0 Å². The van der Waals surface area contributed by atoms with Gasteiger partial charge in [-0.2, -0.15) is 0 Å². The minimum Gasteiger partial charge on any atom is -0.491 e. The Morgan fingerprint density at radius 3 is 2.59 bits per heavy atom. The molecule has 1 aromatic rings. The van der Waals surface area contributed by atoms with E-state index in [-0.39, 0.29) is 0 Å². The lowest BCUT2D eigenvalue weighted by atomic mass is 10.3. The van der Waals surface area contributed by atoms with Crippen molar-refractivity contribution in [3.8, 4) is 5.75 Å². The maximum absolute atomic E-state index is 5.51. The first-order chi connectivity index (χ1) is 8.33. The summed E-state index contributed by atoms with van der Waals surface area (Å²) in [6.07, 6.45) is 1.15. The molecule has 0 aliphatic carbocycles. The van der Waals surface area contributed by atoms with E-state index in [1.165, 1.54) is 0 Å². The quantitative estimate of drug-likeness (QED) is 0.669. The Labute approximate surface area is 104 Å². The van der Waals surface area contributed by atoms with Crippen LogP contribution in [0.5, 0.6) is 5.75 Å². The first kappa shape index (κ1) is 14.0. The first-order valence-electron chi connectivity index (χ1n) is 6.32. The summed E-state index contributed by atoms with van der Waals surface area (Å²) in [6.45, 7) is 7.23. The minimum absolute atomic E-state index is 0.569. The van der Waals surface area contributed by atoms with Crippen LogP contribution in [0, 0.1) is 0 Å². The molecule has 0 heterocycles. The van der Waals surface area contributed by atoms with Crippen molar-refractivity contribution in [1.29, 1.82) is 0 Å². The Morgan fingerprint density at radius 1 is 1.12 bits per heavy atom. The zero-order chi connectivity index (χ0) is 12.3. The number of rotatable bonds is 9. The Kier molecular flexibility index (Phi) is 7.43. The summed E-state index contributed by atoms with van der Waals surface area (Å²) in [7, 11) is 0. The van der Waals surface area contributed by atoms with Crippen LogP contribution in [0.1, 0.15) is 20.3 Å². The van der Waals surface area contributed by atoms with E-state index in [0.29, 0.717) is 19.3 Å². The molecule has 1 atom stereocenters. The highest BCUT2D eigenvalue weighted by Crippen LogP contribution is 2.07. The normalized spacial score (nSPS) is 12.4.